The summed E-state index contributed by atoms with van der Waals surface area (Å²) in [5, 5.41) is 15.0. The van der Waals surface area contributed by atoms with E-state index in [0.717, 1.165) is 12.2 Å². The van der Waals surface area contributed by atoms with Gasteiger partial charge in [-0.05, 0) is 12.1 Å². The van der Waals surface area contributed by atoms with Gasteiger partial charge in [0.15, 0.2) is 11.9 Å². The summed E-state index contributed by atoms with van der Waals surface area (Å²) in [7, 11) is 3.37. The zero-order chi connectivity index (χ0) is 12.1. The summed E-state index contributed by atoms with van der Waals surface area (Å²) in [6, 6.07) is 3.73. The first kappa shape index (κ1) is 12.1. The summed E-state index contributed by atoms with van der Waals surface area (Å²) in [5.74, 6) is 0.930. The Morgan fingerprint density at radius 3 is 2.62 bits per heavy atom. The monoisotopic (exact) mass is 223 g/mol. The van der Waals surface area contributed by atoms with Gasteiger partial charge in [0.1, 0.15) is 5.76 Å². The average Bonchev–Trinajstić information content (AvgIpc) is 2.76. The van der Waals surface area contributed by atoms with E-state index in [4.69, 9.17) is 21.0 Å². The predicted molar refractivity (Wildman–Crippen MR) is 62.4 cm³/mol. The van der Waals surface area contributed by atoms with E-state index in [9.17, 15) is 0 Å². The lowest BCUT2D eigenvalue weighted by atomic mass is 10.3. The van der Waals surface area contributed by atoms with Gasteiger partial charge in [0.2, 0.25) is 0 Å². The van der Waals surface area contributed by atoms with E-state index in [1.54, 1.807) is 25.3 Å². The Morgan fingerprint density at radius 2 is 2.12 bits per heavy atom. The third-order valence-corrected chi connectivity index (χ3v) is 2.31. The molecule has 16 heavy (non-hydrogen) atoms. The Kier molecular flexibility index (Phi) is 3.93. The number of furan rings is 1. The quantitative estimate of drug-likeness (QED) is 0.514. The number of guanidine groups is 2. The third kappa shape index (κ3) is 3.01. The molecule has 1 aromatic heterocycles. The molecule has 0 aliphatic rings. The molecule has 0 aromatic carbocycles. The van der Waals surface area contributed by atoms with Crippen molar-refractivity contribution < 1.29 is 4.42 Å². The molecule has 0 radical (unpaired) electrons. The van der Waals surface area contributed by atoms with Crippen molar-refractivity contribution in [3.8, 4) is 0 Å². The van der Waals surface area contributed by atoms with Crippen molar-refractivity contribution in [2.45, 2.75) is 6.42 Å². The number of likely N-dealkylation sites (N-methyl/N-ethyl adjacent to an activating group) is 1. The Bertz CT molecular complexity index is 359. The predicted octanol–water partition coefficient (Wildman–Crippen LogP) is 0.514. The lowest BCUT2D eigenvalue weighted by Gasteiger charge is -2.26. The number of rotatable bonds is 3. The van der Waals surface area contributed by atoms with Gasteiger partial charge >= 0.3 is 0 Å². The summed E-state index contributed by atoms with van der Waals surface area (Å²) in [5.41, 5.74) is 5.29. The number of nitrogens with one attached hydrogen (secondary N) is 2. The molecule has 0 aliphatic heterocycles. The van der Waals surface area contributed by atoms with Crippen molar-refractivity contribution in [3.05, 3.63) is 24.2 Å². The van der Waals surface area contributed by atoms with Crippen molar-refractivity contribution in [2.75, 3.05) is 20.6 Å². The summed E-state index contributed by atoms with van der Waals surface area (Å²) >= 11 is 0. The fourth-order valence-corrected chi connectivity index (χ4v) is 1.21. The molecule has 88 valence electrons. The minimum Gasteiger partial charge on any atom is -0.469 e. The third-order valence-electron chi connectivity index (χ3n) is 2.31. The van der Waals surface area contributed by atoms with E-state index in [-0.39, 0.29) is 11.9 Å². The van der Waals surface area contributed by atoms with Gasteiger partial charge in [0.25, 0.3) is 0 Å². The lowest BCUT2D eigenvalue weighted by molar-refractivity contribution is 0.420. The van der Waals surface area contributed by atoms with Crippen LogP contribution in [0.5, 0.6) is 0 Å². The molecule has 6 nitrogen and oxygen atoms in total. The molecule has 0 fully saturated rings. The van der Waals surface area contributed by atoms with Gasteiger partial charge in [0, 0.05) is 27.1 Å². The first-order valence-corrected chi connectivity index (χ1v) is 4.92. The first-order chi connectivity index (χ1) is 7.52. The second-order valence-electron chi connectivity index (χ2n) is 3.52. The summed E-state index contributed by atoms with van der Waals surface area (Å²) in [6.45, 7) is 0.643. The highest BCUT2D eigenvalue weighted by Crippen LogP contribution is 2.02. The maximum absolute atomic E-state index is 7.76. The fraction of sp³-hybridized carbons (Fsp3) is 0.400. The van der Waals surface area contributed by atoms with Crippen molar-refractivity contribution >= 4 is 11.9 Å². The highest BCUT2D eigenvalue weighted by Gasteiger charge is 2.12. The van der Waals surface area contributed by atoms with Gasteiger partial charge in [-0.25, -0.2) is 0 Å². The largest absolute Gasteiger partial charge is 0.469 e. The Balaban J connectivity index is 2.43. The number of nitrogens with two attached hydrogens (primary N) is 1. The zero-order valence-electron chi connectivity index (χ0n) is 9.53. The Morgan fingerprint density at radius 1 is 1.44 bits per heavy atom. The molecule has 0 saturated heterocycles. The number of hydrogen-bond donors (Lipinski definition) is 3. The molecule has 0 aliphatic carbocycles. The van der Waals surface area contributed by atoms with E-state index in [1.807, 2.05) is 12.1 Å². The van der Waals surface area contributed by atoms with Crippen LogP contribution < -0.4 is 5.73 Å². The first-order valence-electron chi connectivity index (χ1n) is 4.92. The van der Waals surface area contributed by atoms with Crippen LogP contribution in [-0.2, 0) is 6.42 Å². The molecule has 0 saturated carbocycles. The van der Waals surface area contributed by atoms with Crippen LogP contribution in [0, 0.1) is 10.8 Å². The van der Waals surface area contributed by atoms with Crippen LogP contribution in [0.2, 0.25) is 0 Å². The van der Waals surface area contributed by atoms with Crippen LogP contribution in [-0.4, -0.2) is 42.4 Å². The SMILES string of the molecule is CN(CCc1ccco1)C(=N)N(C)C(=N)N. The molecule has 6 heteroatoms. The minimum absolute atomic E-state index is 0.144. The van der Waals surface area contributed by atoms with E-state index in [1.165, 1.54) is 4.90 Å². The topological polar surface area (TPSA) is 93.3 Å². The average molecular weight is 223 g/mol. The highest BCUT2D eigenvalue weighted by molar-refractivity contribution is 5.94. The summed E-state index contributed by atoms with van der Waals surface area (Å²) < 4.78 is 5.19. The molecule has 0 atom stereocenters. The molecule has 1 rings (SSSR count). The maximum atomic E-state index is 7.76. The molecular weight excluding hydrogens is 206 g/mol. The smallest absolute Gasteiger partial charge is 0.200 e. The molecular formula is C10H17N5O. The van der Waals surface area contributed by atoms with Crippen molar-refractivity contribution in [2.24, 2.45) is 5.73 Å². The molecule has 0 bridgehead atoms. The zero-order valence-corrected chi connectivity index (χ0v) is 9.53. The van der Waals surface area contributed by atoms with Crippen molar-refractivity contribution in [3.63, 3.8) is 0 Å². The lowest BCUT2D eigenvalue weighted by Crippen LogP contribution is -2.46. The van der Waals surface area contributed by atoms with Gasteiger partial charge in [-0.3, -0.25) is 15.7 Å². The summed E-state index contributed by atoms with van der Waals surface area (Å²) in [4.78, 5) is 3.02. The molecule has 1 heterocycles. The molecule has 0 amide bonds. The van der Waals surface area contributed by atoms with E-state index in [0.29, 0.717) is 6.54 Å². The number of hydrogen-bond acceptors (Lipinski definition) is 3. The number of nitrogens with zero attached hydrogens (tertiary/aromatic N) is 2. The van der Waals surface area contributed by atoms with Crippen molar-refractivity contribution in [1.29, 1.82) is 10.8 Å². The minimum atomic E-state index is -0.144. The second-order valence-corrected chi connectivity index (χ2v) is 3.52. The van der Waals surface area contributed by atoms with Crippen LogP contribution in [0.3, 0.4) is 0 Å². The Labute approximate surface area is 94.6 Å². The van der Waals surface area contributed by atoms with E-state index in [2.05, 4.69) is 0 Å². The van der Waals surface area contributed by atoms with E-state index < -0.39 is 0 Å². The second kappa shape index (κ2) is 5.20. The van der Waals surface area contributed by atoms with Gasteiger partial charge in [-0.2, -0.15) is 0 Å². The molecule has 1 aromatic rings. The van der Waals surface area contributed by atoms with Crippen LogP contribution in [0.4, 0.5) is 0 Å². The van der Waals surface area contributed by atoms with Gasteiger partial charge < -0.3 is 15.1 Å². The van der Waals surface area contributed by atoms with Crippen LogP contribution in [0.15, 0.2) is 22.8 Å². The van der Waals surface area contributed by atoms with Crippen LogP contribution in [0.25, 0.3) is 0 Å². The molecule has 4 N–H and O–H groups in total. The normalized spacial score (nSPS) is 9.88. The maximum Gasteiger partial charge on any atom is 0.200 e. The van der Waals surface area contributed by atoms with E-state index >= 15 is 0 Å². The van der Waals surface area contributed by atoms with Crippen LogP contribution in [0.1, 0.15) is 5.76 Å². The standard InChI is InChI=1S/C10H17N5O/c1-14(10(13)15(2)9(11)12)6-5-8-4-3-7-16-8/h3-4,7,13H,5-6H2,1-2H3,(H3,11,12). The fourth-order valence-electron chi connectivity index (χ4n) is 1.21. The molecule has 0 spiro atoms. The highest BCUT2D eigenvalue weighted by atomic mass is 16.3. The van der Waals surface area contributed by atoms with Crippen molar-refractivity contribution in [1.82, 2.24) is 9.80 Å². The van der Waals surface area contributed by atoms with Gasteiger partial charge in [-0.15, -0.1) is 0 Å². The molecule has 0 unspecified atom stereocenters. The Hall–Kier alpha value is -1.98. The van der Waals surface area contributed by atoms with Crippen LogP contribution >= 0.6 is 0 Å². The summed E-state index contributed by atoms with van der Waals surface area (Å²) in [6.07, 6.45) is 2.35. The van der Waals surface area contributed by atoms with Gasteiger partial charge in [-0.1, -0.05) is 0 Å². The van der Waals surface area contributed by atoms with Gasteiger partial charge in [0.05, 0.1) is 6.26 Å².